The first-order chi connectivity index (χ1) is 8.71. The molecule has 0 bridgehead atoms. The van der Waals surface area contributed by atoms with Crippen molar-refractivity contribution in [1.82, 2.24) is 0 Å². The van der Waals surface area contributed by atoms with Gasteiger partial charge in [-0.1, -0.05) is 26.7 Å². The lowest BCUT2D eigenvalue weighted by molar-refractivity contribution is -0.153. The number of carbonyl (C=O) groups is 1. The molecule has 1 aliphatic heterocycles. The zero-order valence-corrected chi connectivity index (χ0v) is 11.6. The Balaban J connectivity index is 2.23. The van der Waals surface area contributed by atoms with Gasteiger partial charge in [0.15, 0.2) is 0 Å². The van der Waals surface area contributed by atoms with E-state index in [2.05, 4.69) is 6.92 Å². The smallest absolute Gasteiger partial charge is 0.309 e. The summed E-state index contributed by atoms with van der Waals surface area (Å²) in [6.45, 7) is 4.53. The Kier molecular flexibility index (Phi) is 7.28. The van der Waals surface area contributed by atoms with Gasteiger partial charge in [0.1, 0.15) is 6.61 Å². The van der Waals surface area contributed by atoms with Gasteiger partial charge in [-0.25, -0.2) is 0 Å². The van der Waals surface area contributed by atoms with Crippen molar-refractivity contribution in [2.45, 2.75) is 64.6 Å². The molecule has 18 heavy (non-hydrogen) atoms. The molecular formula is C14H26O4. The van der Waals surface area contributed by atoms with Gasteiger partial charge in [0, 0.05) is 0 Å². The Labute approximate surface area is 110 Å². The minimum absolute atomic E-state index is 0.0278. The fourth-order valence-corrected chi connectivity index (χ4v) is 2.27. The van der Waals surface area contributed by atoms with Gasteiger partial charge in [0.2, 0.25) is 0 Å². The van der Waals surface area contributed by atoms with Crippen molar-refractivity contribution in [3.8, 4) is 0 Å². The molecule has 0 aromatic rings. The molecule has 1 N–H and O–H groups in total. The Bertz CT molecular complexity index is 242. The predicted octanol–water partition coefficient (Wildman–Crippen LogP) is 2.29. The average molecular weight is 258 g/mol. The second-order valence-corrected chi connectivity index (χ2v) is 5.02. The van der Waals surface area contributed by atoms with Gasteiger partial charge < -0.3 is 14.6 Å². The molecule has 0 amide bonds. The Morgan fingerprint density at radius 3 is 2.67 bits per heavy atom. The van der Waals surface area contributed by atoms with Crippen LogP contribution >= 0.6 is 0 Å². The molecule has 0 spiro atoms. The summed E-state index contributed by atoms with van der Waals surface area (Å²) in [7, 11) is 0. The number of hydrogen-bond donors (Lipinski definition) is 1. The van der Waals surface area contributed by atoms with Crippen LogP contribution in [-0.2, 0) is 14.3 Å². The van der Waals surface area contributed by atoms with Crippen LogP contribution < -0.4 is 0 Å². The quantitative estimate of drug-likeness (QED) is 0.679. The van der Waals surface area contributed by atoms with Crippen LogP contribution in [0.25, 0.3) is 0 Å². The average Bonchev–Trinajstić information content (AvgIpc) is 2.85. The van der Waals surface area contributed by atoms with Crippen molar-refractivity contribution in [2.24, 2.45) is 5.92 Å². The van der Waals surface area contributed by atoms with E-state index < -0.39 is 0 Å². The van der Waals surface area contributed by atoms with Crippen LogP contribution in [0.5, 0.6) is 0 Å². The van der Waals surface area contributed by atoms with Gasteiger partial charge in [-0.05, 0) is 25.7 Å². The first kappa shape index (κ1) is 15.4. The Morgan fingerprint density at radius 2 is 2.11 bits per heavy atom. The number of aliphatic hydroxyl groups is 1. The zero-order valence-electron chi connectivity index (χ0n) is 11.6. The summed E-state index contributed by atoms with van der Waals surface area (Å²) in [6.07, 6.45) is 5.54. The van der Waals surface area contributed by atoms with Gasteiger partial charge in [0.25, 0.3) is 0 Å². The fourth-order valence-electron chi connectivity index (χ4n) is 2.27. The lowest BCUT2D eigenvalue weighted by atomic mass is 10.00. The van der Waals surface area contributed by atoms with E-state index in [9.17, 15) is 4.79 Å². The summed E-state index contributed by atoms with van der Waals surface area (Å²) >= 11 is 0. The number of rotatable bonds is 8. The summed E-state index contributed by atoms with van der Waals surface area (Å²) < 4.78 is 10.9. The van der Waals surface area contributed by atoms with Crippen molar-refractivity contribution in [3.05, 3.63) is 0 Å². The lowest BCUT2D eigenvalue weighted by Gasteiger charge is -2.16. The van der Waals surface area contributed by atoms with Crippen LogP contribution in [0.4, 0.5) is 0 Å². The van der Waals surface area contributed by atoms with E-state index in [0.717, 1.165) is 38.5 Å². The maximum Gasteiger partial charge on any atom is 0.309 e. The molecular weight excluding hydrogens is 232 g/mol. The molecule has 1 saturated heterocycles. The highest BCUT2D eigenvalue weighted by Crippen LogP contribution is 2.20. The SMILES string of the molecule is CCCCC(CC)C(=O)OC[C@@H]1CC[C@H](CO)O1. The maximum atomic E-state index is 11.9. The molecule has 0 saturated carbocycles. The molecule has 106 valence electrons. The Hall–Kier alpha value is -0.610. The summed E-state index contributed by atoms with van der Waals surface area (Å²) in [5.41, 5.74) is 0. The van der Waals surface area contributed by atoms with Crippen molar-refractivity contribution in [2.75, 3.05) is 13.2 Å². The second-order valence-electron chi connectivity index (χ2n) is 5.02. The minimum atomic E-state index is -0.0954. The van der Waals surface area contributed by atoms with Gasteiger partial charge in [-0.2, -0.15) is 0 Å². The summed E-state index contributed by atoms with van der Waals surface area (Å²) in [6, 6.07) is 0. The van der Waals surface area contributed by atoms with Gasteiger partial charge in [-0.3, -0.25) is 4.79 Å². The second kappa shape index (κ2) is 8.48. The third-order valence-electron chi connectivity index (χ3n) is 3.54. The van der Waals surface area contributed by atoms with Gasteiger partial charge in [-0.15, -0.1) is 0 Å². The van der Waals surface area contributed by atoms with Crippen LogP contribution in [0, 0.1) is 5.92 Å². The number of ether oxygens (including phenoxy) is 2. The molecule has 4 nitrogen and oxygen atoms in total. The number of unbranched alkanes of at least 4 members (excludes halogenated alkanes) is 1. The summed E-state index contributed by atoms with van der Waals surface area (Å²) in [5.74, 6) is -0.0676. The van der Waals surface area contributed by atoms with E-state index in [1.807, 2.05) is 6.92 Å². The molecule has 1 unspecified atom stereocenters. The Morgan fingerprint density at radius 1 is 1.39 bits per heavy atom. The highest BCUT2D eigenvalue weighted by molar-refractivity contribution is 5.72. The third-order valence-corrected chi connectivity index (χ3v) is 3.54. The van der Waals surface area contributed by atoms with Crippen molar-refractivity contribution in [3.63, 3.8) is 0 Å². The third kappa shape index (κ3) is 4.94. The topological polar surface area (TPSA) is 55.8 Å². The van der Waals surface area contributed by atoms with Crippen molar-refractivity contribution >= 4 is 5.97 Å². The highest BCUT2D eigenvalue weighted by atomic mass is 16.6. The first-order valence-electron chi connectivity index (χ1n) is 7.14. The predicted molar refractivity (Wildman–Crippen MR) is 69.2 cm³/mol. The lowest BCUT2D eigenvalue weighted by Crippen LogP contribution is -2.24. The van der Waals surface area contributed by atoms with Crippen LogP contribution in [0.2, 0.25) is 0 Å². The van der Waals surface area contributed by atoms with Crippen molar-refractivity contribution in [1.29, 1.82) is 0 Å². The highest BCUT2D eigenvalue weighted by Gasteiger charge is 2.26. The van der Waals surface area contributed by atoms with E-state index >= 15 is 0 Å². The fraction of sp³-hybridized carbons (Fsp3) is 0.929. The molecule has 3 atom stereocenters. The van der Waals surface area contributed by atoms with E-state index in [1.165, 1.54) is 0 Å². The molecule has 0 aromatic heterocycles. The maximum absolute atomic E-state index is 11.9. The van der Waals surface area contributed by atoms with E-state index in [0.29, 0.717) is 6.61 Å². The molecule has 1 fully saturated rings. The van der Waals surface area contributed by atoms with Crippen LogP contribution in [0.1, 0.15) is 52.4 Å². The standard InChI is InChI=1S/C14H26O4/c1-3-5-6-11(4-2)14(16)17-10-13-8-7-12(9-15)18-13/h11-13,15H,3-10H2,1-2H3/t11?,12-,13+/m1/s1. The van der Waals surface area contributed by atoms with Crippen LogP contribution in [-0.4, -0.2) is 36.5 Å². The monoisotopic (exact) mass is 258 g/mol. The molecule has 1 aliphatic rings. The van der Waals surface area contributed by atoms with Crippen LogP contribution in [0.15, 0.2) is 0 Å². The number of esters is 1. The number of aliphatic hydroxyl groups excluding tert-OH is 1. The molecule has 0 aliphatic carbocycles. The molecule has 1 heterocycles. The molecule has 4 heteroatoms. The van der Waals surface area contributed by atoms with E-state index in [4.69, 9.17) is 14.6 Å². The first-order valence-corrected chi connectivity index (χ1v) is 7.14. The summed E-state index contributed by atoms with van der Waals surface area (Å²) in [5, 5.41) is 8.95. The van der Waals surface area contributed by atoms with Crippen molar-refractivity contribution < 1.29 is 19.4 Å². The summed E-state index contributed by atoms with van der Waals surface area (Å²) in [4.78, 5) is 11.9. The normalized spacial score (nSPS) is 25.1. The molecule has 0 radical (unpaired) electrons. The molecule has 1 rings (SSSR count). The largest absolute Gasteiger partial charge is 0.463 e. The van der Waals surface area contributed by atoms with Crippen LogP contribution in [0.3, 0.4) is 0 Å². The molecule has 0 aromatic carbocycles. The van der Waals surface area contributed by atoms with E-state index in [1.54, 1.807) is 0 Å². The van der Waals surface area contributed by atoms with Gasteiger partial charge >= 0.3 is 5.97 Å². The van der Waals surface area contributed by atoms with E-state index in [-0.39, 0.29) is 30.7 Å². The minimum Gasteiger partial charge on any atom is -0.463 e. The van der Waals surface area contributed by atoms with Gasteiger partial charge in [0.05, 0.1) is 24.7 Å². The number of hydrogen-bond acceptors (Lipinski definition) is 4. The zero-order chi connectivity index (χ0) is 13.4. The number of carbonyl (C=O) groups excluding carboxylic acids is 1.